The fourth-order valence-electron chi connectivity index (χ4n) is 2.14. The average Bonchev–Trinajstić information content (AvgIpc) is 3.21. The number of carbonyl (C=O) groups excluding carboxylic acids is 2. The van der Waals surface area contributed by atoms with Crippen molar-refractivity contribution in [3.8, 4) is 11.3 Å². The van der Waals surface area contributed by atoms with Crippen molar-refractivity contribution in [2.75, 3.05) is 11.1 Å². The van der Waals surface area contributed by atoms with Crippen molar-refractivity contribution in [1.82, 2.24) is 9.97 Å². The number of thiazole rings is 2. The number of nitrogens with zero attached hydrogens (tertiary/aromatic N) is 2. The van der Waals surface area contributed by atoms with Gasteiger partial charge in [0.1, 0.15) is 0 Å². The van der Waals surface area contributed by atoms with Gasteiger partial charge >= 0.3 is 0 Å². The molecule has 0 radical (unpaired) electrons. The lowest BCUT2D eigenvalue weighted by Gasteiger charge is -2.00. The molecule has 0 spiro atoms. The molecule has 0 fully saturated rings. The Kier molecular flexibility index (Phi) is 6.02. The van der Waals surface area contributed by atoms with Crippen LogP contribution in [-0.4, -0.2) is 27.5 Å². The molecule has 1 aromatic carbocycles. The Morgan fingerprint density at radius 1 is 1.23 bits per heavy atom. The maximum atomic E-state index is 12.1. The molecule has 0 aliphatic rings. The van der Waals surface area contributed by atoms with E-state index in [1.807, 2.05) is 42.6 Å². The molecule has 26 heavy (non-hydrogen) atoms. The third-order valence-electron chi connectivity index (χ3n) is 3.35. The van der Waals surface area contributed by atoms with E-state index < -0.39 is 0 Å². The number of hydrogen-bond acceptors (Lipinski definition) is 7. The quantitative estimate of drug-likeness (QED) is 0.589. The predicted molar refractivity (Wildman–Crippen MR) is 107 cm³/mol. The topological polar surface area (TPSA) is 98.0 Å². The van der Waals surface area contributed by atoms with Gasteiger partial charge in [-0.25, -0.2) is 9.97 Å². The van der Waals surface area contributed by atoms with E-state index in [1.54, 1.807) is 0 Å². The Balaban J connectivity index is 1.55. The van der Waals surface area contributed by atoms with Crippen LogP contribution in [0.3, 0.4) is 0 Å². The smallest absolute Gasteiger partial charge is 0.236 e. The number of anilines is 1. The molecular weight excluding hydrogens is 388 g/mol. The van der Waals surface area contributed by atoms with Crippen molar-refractivity contribution >= 4 is 51.4 Å². The van der Waals surface area contributed by atoms with Crippen LogP contribution < -0.4 is 11.1 Å². The van der Waals surface area contributed by atoms with Crippen LogP contribution >= 0.6 is 34.4 Å². The van der Waals surface area contributed by atoms with E-state index in [0.29, 0.717) is 5.13 Å². The zero-order chi connectivity index (χ0) is 18.5. The highest BCUT2D eigenvalue weighted by atomic mass is 32.2. The number of primary amides is 1. The van der Waals surface area contributed by atoms with Crippen molar-refractivity contribution in [3.63, 3.8) is 0 Å². The first-order chi connectivity index (χ1) is 12.5. The Labute approximate surface area is 162 Å². The van der Waals surface area contributed by atoms with E-state index in [2.05, 4.69) is 15.3 Å². The van der Waals surface area contributed by atoms with E-state index in [-0.39, 0.29) is 24.0 Å². The van der Waals surface area contributed by atoms with Crippen molar-refractivity contribution in [3.05, 3.63) is 46.3 Å². The van der Waals surface area contributed by atoms with Crippen LogP contribution in [0.2, 0.25) is 0 Å². The summed E-state index contributed by atoms with van der Waals surface area (Å²) < 4.78 is 0.748. The highest BCUT2D eigenvalue weighted by Gasteiger charge is 2.13. The summed E-state index contributed by atoms with van der Waals surface area (Å²) in [6, 6.07) is 9.80. The van der Waals surface area contributed by atoms with Gasteiger partial charge in [0.15, 0.2) is 9.47 Å². The molecule has 2 amide bonds. The number of amides is 2. The molecule has 0 atom stereocenters. The SMILES string of the molecule is Cc1nc(SCC(=O)Nc2nc(-c3ccccc3)cs2)sc1CC(N)=O. The molecule has 0 aliphatic carbocycles. The summed E-state index contributed by atoms with van der Waals surface area (Å²) in [5, 5.41) is 5.29. The van der Waals surface area contributed by atoms with Gasteiger partial charge in [-0.2, -0.15) is 0 Å². The number of benzene rings is 1. The third kappa shape index (κ3) is 4.90. The van der Waals surface area contributed by atoms with Gasteiger partial charge in [-0.15, -0.1) is 22.7 Å². The summed E-state index contributed by atoms with van der Waals surface area (Å²) in [5.74, 6) is -0.305. The number of rotatable bonds is 7. The van der Waals surface area contributed by atoms with Gasteiger partial charge in [-0.05, 0) is 6.92 Å². The summed E-state index contributed by atoms with van der Waals surface area (Å²) >= 11 is 4.12. The second-order valence-corrected chi connectivity index (χ2v) is 8.54. The van der Waals surface area contributed by atoms with Crippen molar-refractivity contribution in [2.24, 2.45) is 5.73 Å². The molecule has 3 rings (SSSR count). The molecule has 0 saturated carbocycles. The van der Waals surface area contributed by atoms with Gasteiger partial charge in [-0.1, -0.05) is 42.1 Å². The third-order valence-corrected chi connectivity index (χ3v) is 6.41. The molecule has 0 unspecified atom stereocenters. The summed E-state index contributed by atoms with van der Waals surface area (Å²) in [5.41, 5.74) is 7.85. The van der Waals surface area contributed by atoms with Crippen molar-refractivity contribution < 1.29 is 9.59 Å². The largest absolute Gasteiger partial charge is 0.369 e. The maximum absolute atomic E-state index is 12.1. The molecule has 6 nitrogen and oxygen atoms in total. The van der Waals surface area contributed by atoms with E-state index >= 15 is 0 Å². The maximum Gasteiger partial charge on any atom is 0.236 e. The van der Waals surface area contributed by atoms with Crippen LogP contribution in [0.25, 0.3) is 11.3 Å². The summed E-state index contributed by atoms with van der Waals surface area (Å²) in [6.45, 7) is 1.83. The Bertz CT molecular complexity index is 921. The normalized spacial score (nSPS) is 10.7. The lowest BCUT2D eigenvalue weighted by atomic mass is 10.2. The molecular formula is C17H16N4O2S3. The first-order valence-corrected chi connectivity index (χ1v) is 10.4. The minimum atomic E-state index is -0.385. The number of aromatic nitrogens is 2. The summed E-state index contributed by atoms with van der Waals surface area (Å²) in [4.78, 5) is 32.8. The fourth-order valence-corrected chi connectivity index (χ4v) is 4.92. The molecule has 2 heterocycles. The van der Waals surface area contributed by atoms with Gasteiger partial charge in [0, 0.05) is 15.8 Å². The van der Waals surface area contributed by atoms with Gasteiger partial charge in [0.05, 0.1) is 23.6 Å². The second kappa shape index (κ2) is 8.43. The lowest BCUT2D eigenvalue weighted by Crippen LogP contribution is -2.13. The highest BCUT2D eigenvalue weighted by Crippen LogP contribution is 2.28. The van der Waals surface area contributed by atoms with Crippen LogP contribution in [0, 0.1) is 6.92 Å². The average molecular weight is 405 g/mol. The van der Waals surface area contributed by atoms with Crippen molar-refractivity contribution in [1.29, 1.82) is 0 Å². The fraction of sp³-hybridized carbons (Fsp3) is 0.176. The Morgan fingerprint density at radius 3 is 2.73 bits per heavy atom. The van der Waals surface area contributed by atoms with Gasteiger partial charge in [0.25, 0.3) is 0 Å². The van der Waals surface area contributed by atoms with Crippen LogP contribution in [0.4, 0.5) is 5.13 Å². The molecule has 3 aromatic rings. The van der Waals surface area contributed by atoms with Gasteiger partial charge in [-0.3, -0.25) is 9.59 Å². The number of aryl methyl sites for hydroxylation is 1. The second-order valence-electron chi connectivity index (χ2n) is 5.37. The molecule has 2 aromatic heterocycles. The molecule has 0 aliphatic heterocycles. The van der Waals surface area contributed by atoms with Crippen LogP contribution in [-0.2, 0) is 16.0 Å². The van der Waals surface area contributed by atoms with Crippen LogP contribution in [0.1, 0.15) is 10.6 Å². The number of nitrogens with two attached hydrogens (primary N) is 1. The lowest BCUT2D eigenvalue weighted by molar-refractivity contribution is -0.117. The zero-order valence-electron chi connectivity index (χ0n) is 13.9. The predicted octanol–water partition coefficient (Wildman–Crippen LogP) is 3.33. The molecule has 9 heteroatoms. The molecule has 0 saturated heterocycles. The zero-order valence-corrected chi connectivity index (χ0v) is 16.3. The summed E-state index contributed by atoms with van der Waals surface area (Å²) in [6.07, 6.45) is 0.178. The first kappa shape index (κ1) is 18.6. The number of hydrogen-bond donors (Lipinski definition) is 2. The number of thioether (sulfide) groups is 1. The Morgan fingerprint density at radius 2 is 2.00 bits per heavy atom. The van der Waals surface area contributed by atoms with Gasteiger partial charge in [0.2, 0.25) is 11.8 Å². The van der Waals surface area contributed by atoms with Gasteiger partial charge < -0.3 is 11.1 Å². The van der Waals surface area contributed by atoms with E-state index in [1.165, 1.54) is 34.4 Å². The Hall–Kier alpha value is -2.23. The summed E-state index contributed by atoms with van der Waals surface area (Å²) in [7, 11) is 0. The van der Waals surface area contributed by atoms with Crippen molar-refractivity contribution in [2.45, 2.75) is 17.7 Å². The molecule has 0 bridgehead atoms. The number of nitrogens with one attached hydrogen (secondary N) is 1. The van der Waals surface area contributed by atoms with E-state index in [4.69, 9.17) is 5.73 Å². The monoisotopic (exact) mass is 404 g/mol. The van der Waals surface area contributed by atoms with Crippen LogP contribution in [0.5, 0.6) is 0 Å². The number of carbonyl (C=O) groups is 2. The van der Waals surface area contributed by atoms with Crippen LogP contribution in [0.15, 0.2) is 40.1 Å². The standard InChI is InChI=1S/C17H16N4O2S3/c1-10-13(7-14(18)22)26-17(19-10)25-9-15(23)21-16-20-12(8-24-16)11-5-3-2-4-6-11/h2-6,8H,7,9H2,1H3,(H2,18,22)(H,20,21,23). The van der Waals surface area contributed by atoms with E-state index in [9.17, 15) is 9.59 Å². The molecule has 134 valence electrons. The minimum Gasteiger partial charge on any atom is -0.369 e. The van der Waals surface area contributed by atoms with E-state index in [0.717, 1.165) is 26.2 Å². The highest BCUT2D eigenvalue weighted by molar-refractivity contribution is 8.01. The first-order valence-electron chi connectivity index (χ1n) is 7.69. The molecule has 3 N–H and O–H groups in total. The minimum absolute atomic E-state index is 0.145.